The number of hydrogen-bond donors (Lipinski definition) is 0. The van der Waals surface area contributed by atoms with Gasteiger partial charge in [-0.2, -0.15) is 13.2 Å². The van der Waals surface area contributed by atoms with Crippen molar-refractivity contribution in [3.05, 3.63) is 28.3 Å². The van der Waals surface area contributed by atoms with Crippen molar-refractivity contribution in [1.29, 1.82) is 0 Å². The van der Waals surface area contributed by atoms with Gasteiger partial charge in [0.15, 0.2) is 5.82 Å². The van der Waals surface area contributed by atoms with Crippen molar-refractivity contribution >= 4 is 17.6 Å². The zero-order valence-corrected chi connectivity index (χ0v) is 12.3. The van der Waals surface area contributed by atoms with Crippen LogP contribution in [0.5, 0.6) is 0 Å². The highest BCUT2D eigenvalue weighted by molar-refractivity contribution is 5.91. The van der Waals surface area contributed by atoms with Crippen molar-refractivity contribution in [1.82, 2.24) is 4.98 Å². The molecule has 0 aliphatic heterocycles. The molecule has 0 unspecified atom stereocenters. The molecule has 22 heavy (non-hydrogen) atoms. The Morgan fingerprint density at radius 1 is 1.41 bits per heavy atom. The fourth-order valence-corrected chi connectivity index (χ4v) is 1.54. The molecule has 0 aromatic carbocycles. The second-order valence-corrected chi connectivity index (χ2v) is 5.26. The molecule has 0 bridgehead atoms. The third-order valence-corrected chi connectivity index (χ3v) is 2.35. The number of amides is 1. The van der Waals surface area contributed by atoms with E-state index >= 15 is 0 Å². The zero-order valence-electron chi connectivity index (χ0n) is 12.3. The van der Waals surface area contributed by atoms with E-state index in [9.17, 15) is 18.0 Å². The lowest BCUT2D eigenvalue weighted by atomic mass is 10.2. The minimum absolute atomic E-state index is 0.564. The van der Waals surface area contributed by atoms with Crippen LogP contribution in [-0.2, 0) is 10.9 Å². The number of alkyl halides is 3. The van der Waals surface area contributed by atoms with Crippen LogP contribution in [0, 0.1) is 0 Å². The van der Waals surface area contributed by atoms with Crippen LogP contribution in [0.3, 0.4) is 0 Å². The Morgan fingerprint density at radius 3 is 2.45 bits per heavy atom. The van der Waals surface area contributed by atoms with Gasteiger partial charge in [-0.3, -0.25) is 9.88 Å². The van der Waals surface area contributed by atoms with E-state index in [1.807, 2.05) is 0 Å². The lowest BCUT2D eigenvalue weighted by Gasteiger charge is -2.26. The maximum Gasteiger partial charge on any atom is 0.418 e. The number of aromatic nitrogens is 1. The molecule has 0 fully saturated rings. The molecular weight excluding hydrogens is 303 g/mol. The molecule has 1 heterocycles. The van der Waals surface area contributed by atoms with Crippen molar-refractivity contribution in [2.45, 2.75) is 32.5 Å². The van der Waals surface area contributed by atoms with E-state index in [4.69, 9.17) is 10.3 Å². The van der Waals surface area contributed by atoms with Gasteiger partial charge in [0, 0.05) is 18.2 Å². The van der Waals surface area contributed by atoms with Crippen molar-refractivity contribution < 1.29 is 22.7 Å². The number of rotatable bonds is 2. The number of carbonyl (C=O) groups excluding carboxylic acids is 1. The number of ether oxygens (including phenoxy) is 1. The van der Waals surface area contributed by atoms with Gasteiger partial charge >= 0.3 is 12.3 Å². The SMILES string of the molecule is CN(C(=O)OC(C)(C)C)c1c(C(F)(F)F)ccnc1N=[N+]=[N-]. The van der Waals surface area contributed by atoms with Crippen LogP contribution in [-0.4, -0.2) is 23.7 Å². The van der Waals surface area contributed by atoms with E-state index < -0.39 is 34.9 Å². The first-order chi connectivity index (χ1) is 9.97. The topological polar surface area (TPSA) is 91.2 Å². The van der Waals surface area contributed by atoms with Crippen molar-refractivity contribution in [2.75, 3.05) is 11.9 Å². The average molecular weight is 317 g/mol. The smallest absolute Gasteiger partial charge is 0.418 e. The summed E-state index contributed by atoms with van der Waals surface area (Å²) in [6, 6.07) is 0.687. The molecule has 0 atom stereocenters. The molecule has 120 valence electrons. The van der Waals surface area contributed by atoms with Gasteiger partial charge in [-0.1, -0.05) is 0 Å². The molecule has 0 spiro atoms. The average Bonchev–Trinajstić information content (AvgIpc) is 2.35. The molecular formula is C12H14F3N5O2. The molecule has 0 saturated carbocycles. The van der Waals surface area contributed by atoms with E-state index in [-0.39, 0.29) is 0 Å². The van der Waals surface area contributed by atoms with Crippen LogP contribution in [0.2, 0.25) is 0 Å². The Hall–Kier alpha value is -2.48. The first-order valence-electron chi connectivity index (χ1n) is 6.05. The number of pyridine rings is 1. The quantitative estimate of drug-likeness (QED) is 0.459. The zero-order chi connectivity index (χ0) is 17.1. The Balaban J connectivity index is 3.42. The van der Waals surface area contributed by atoms with Gasteiger partial charge in [0.25, 0.3) is 0 Å². The van der Waals surface area contributed by atoms with E-state index in [2.05, 4.69) is 15.0 Å². The molecule has 0 aliphatic rings. The third-order valence-electron chi connectivity index (χ3n) is 2.35. The lowest BCUT2D eigenvalue weighted by Crippen LogP contribution is -2.35. The number of carbonyl (C=O) groups is 1. The molecule has 10 heteroatoms. The largest absolute Gasteiger partial charge is 0.443 e. The van der Waals surface area contributed by atoms with Gasteiger partial charge in [0.05, 0.1) is 11.3 Å². The van der Waals surface area contributed by atoms with Crippen LogP contribution in [0.4, 0.5) is 29.5 Å². The summed E-state index contributed by atoms with van der Waals surface area (Å²) in [6.07, 6.45) is -4.94. The third kappa shape index (κ3) is 4.26. The highest BCUT2D eigenvalue weighted by Crippen LogP contribution is 2.40. The van der Waals surface area contributed by atoms with E-state index in [0.29, 0.717) is 11.0 Å². The van der Waals surface area contributed by atoms with Crippen LogP contribution in [0.15, 0.2) is 17.4 Å². The first kappa shape index (κ1) is 17.6. The van der Waals surface area contributed by atoms with Crippen LogP contribution in [0.25, 0.3) is 10.4 Å². The summed E-state index contributed by atoms with van der Waals surface area (Å²) < 4.78 is 44.3. The minimum Gasteiger partial charge on any atom is -0.443 e. The standard InChI is InChI=1S/C12H14F3N5O2/c1-11(2,3)22-10(21)20(4)8-7(12(13,14)15)5-6-17-9(8)18-19-16/h5-6H,1-4H3. The summed E-state index contributed by atoms with van der Waals surface area (Å²) in [7, 11) is 1.08. The van der Waals surface area contributed by atoms with Crippen LogP contribution < -0.4 is 4.90 Å². The van der Waals surface area contributed by atoms with Crippen LogP contribution >= 0.6 is 0 Å². The van der Waals surface area contributed by atoms with Gasteiger partial charge < -0.3 is 4.74 Å². The highest BCUT2D eigenvalue weighted by Gasteiger charge is 2.37. The van der Waals surface area contributed by atoms with Gasteiger partial charge in [-0.25, -0.2) is 4.79 Å². The van der Waals surface area contributed by atoms with Gasteiger partial charge in [-0.15, -0.1) is 0 Å². The van der Waals surface area contributed by atoms with Crippen molar-refractivity contribution in [3.8, 4) is 0 Å². The summed E-state index contributed by atoms with van der Waals surface area (Å²) >= 11 is 0. The van der Waals surface area contributed by atoms with Gasteiger partial charge in [0.1, 0.15) is 5.60 Å². The predicted molar refractivity (Wildman–Crippen MR) is 72.7 cm³/mol. The monoisotopic (exact) mass is 317 g/mol. The normalized spacial score (nSPS) is 11.6. The van der Waals surface area contributed by atoms with Gasteiger partial charge in [0.2, 0.25) is 0 Å². The summed E-state index contributed by atoms with van der Waals surface area (Å²) in [5, 5.41) is 3.10. The fraction of sp³-hybridized carbons (Fsp3) is 0.500. The molecule has 1 rings (SSSR count). The summed E-state index contributed by atoms with van der Waals surface area (Å²) in [4.78, 5) is 18.6. The molecule has 0 aliphatic carbocycles. The highest BCUT2D eigenvalue weighted by atomic mass is 19.4. The Morgan fingerprint density at radius 2 is 2.00 bits per heavy atom. The second-order valence-electron chi connectivity index (χ2n) is 5.26. The summed E-state index contributed by atoms with van der Waals surface area (Å²) in [6.45, 7) is 4.71. The molecule has 7 nitrogen and oxygen atoms in total. The first-order valence-corrected chi connectivity index (χ1v) is 6.05. The second kappa shape index (κ2) is 6.10. The Bertz CT molecular complexity index is 618. The Labute approximate surface area is 124 Å². The van der Waals surface area contributed by atoms with Gasteiger partial charge in [-0.05, 0) is 37.5 Å². The number of anilines is 1. The molecule has 1 aromatic rings. The summed E-state index contributed by atoms with van der Waals surface area (Å²) in [5.41, 5.74) is 5.73. The summed E-state index contributed by atoms with van der Waals surface area (Å²) in [5.74, 6) is -0.564. The number of halogens is 3. The van der Waals surface area contributed by atoms with E-state index in [1.54, 1.807) is 20.8 Å². The van der Waals surface area contributed by atoms with E-state index in [0.717, 1.165) is 13.2 Å². The molecule has 0 radical (unpaired) electrons. The van der Waals surface area contributed by atoms with Crippen LogP contribution in [0.1, 0.15) is 26.3 Å². The molecule has 0 saturated heterocycles. The number of nitrogens with zero attached hydrogens (tertiary/aromatic N) is 5. The van der Waals surface area contributed by atoms with Crippen molar-refractivity contribution in [2.24, 2.45) is 5.11 Å². The minimum atomic E-state index is -4.76. The Kier molecular flexibility index (Phi) is 4.87. The fourth-order valence-electron chi connectivity index (χ4n) is 1.54. The number of azide groups is 1. The lowest BCUT2D eigenvalue weighted by molar-refractivity contribution is -0.137. The van der Waals surface area contributed by atoms with Crippen molar-refractivity contribution in [3.63, 3.8) is 0 Å². The predicted octanol–water partition coefficient (Wildman–Crippen LogP) is 4.41. The van der Waals surface area contributed by atoms with E-state index in [1.165, 1.54) is 0 Å². The maximum absolute atomic E-state index is 13.1. The molecule has 1 amide bonds. The molecule has 0 N–H and O–H groups in total. The number of hydrogen-bond acceptors (Lipinski definition) is 4. The molecule has 1 aromatic heterocycles. The maximum atomic E-state index is 13.1.